The number of nitrogens with zero attached hydrogens (tertiary/aromatic N) is 3. The van der Waals surface area contributed by atoms with Crippen molar-refractivity contribution in [2.75, 3.05) is 23.9 Å². The molecule has 0 aliphatic carbocycles. The van der Waals surface area contributed by atoms with Gasteiger partial charge >= 0.3 is 0 Å². The first-order chi connectivity index (χ1) is 8.02. The Kier molecular flexibility index (Phi) is 3.90. The largest absolute Gasteiger partial charge is 0.367 e. The zero-order valence-corrected chi connectivity index (χ0v) is 12.2. The molecule has 17 heavy (non-hydrogen) atoms. The molecule has 1 unspecified atom stereocenters. The number of rotatable bonds is 2. The number of hydrogen-bond donors (Lipinski definition) is 0. The Bertz CT molecular complexity index is 402. The summed E-state index contributed by atoms with van der Waals surface area (Å²) in [6.07, 6.45) is 3.33. The lowest BCUT2D eigenvalue weighted by Gasteiger charge is -2.43. The van der Waals surface area contributed by atoms with Crippen LogP contribution in [0.5, 0.6) is 0 Å². The molecule has 0 amide bonds. The van der Waals surface area contributed by atoms with Gasteiger partial charge in [-0.15, -0.1) is 11.6 Å². The average molecular weight is 321 g/mol. The third-order valence-corrected chi connectivity index (χ3v) is 3.50. The van der Waals surface area contributed by atoms with Crippen LogP contribution in [0.3, 0.4) is 0 Å². The molecule has 1 aromatic heterocycles. The quantitative estimate of drug-likeness (QED) is 0.785. The highest BCUT2D eigenvalue weighted by Gasteiger charge is 2.34. The first-order valence-electron chi connectivity index (χ1n) is 5.46. The molecule has 0 radical (unpaired) electrons. The number of aromatic nitrogens is 2. The van der Waals surface area contributed by atoms with Crippen LogP contribution in [-0.2, 0) is 4.74 Å². The van der Waals surface area contributed by atoms with Gasteiger partial charge in [0.05, 0.1) is 22.1 Å². The molecule has 2 heterocycles. The fraction of sp³-hybridized carbons (Fsp3) is 0.636. The van der Waals surface area contributed by atoms with E-state index < -0.39 is 0 Å². The molecular formula is C11H15BrClN3O. The number of ether oxygens (including phenoxy) is 1. The zero-order valence-electron chi connectivity index (χ0n) is 9.86. The predicted molar refractivity (Wildman–Crippen MR) is 71.6 cm³/mol. The molecule has 0 bridgehead atoms. The molecular weight excluding hydrogens is 305 g/mol. The minimum Gasteiger partial charge on any atom is -0.367 e. The highest BCUT2D eigenvalue weighted by molar-refractivity contribution is 9.10. The lowest BCUT2D eigenvalue weighted by Crippen LogP contribution is -2.53. The summed E-state index contributed by atoms with van der Waals surface area (Å²) in [6, 6.07) is 0. The lowest BCUT2D eigenvalue weighted by atomic mass is 10.1. The van der Waals surface area contributed by atoms with E-state index in [2.05, 4.69) is 44.6 Å². The highest BCUT2D eigenvalue weighted by atomic mass is 79.9. The Labute approximate surface area is 114 Å². The van der Waals surface area contributed by atoms with Crippen LogP contribution in [-0.4, -0.2) is 40.6 Å². The normalized spacial score (nSPS) is 23.8. The van der Waals surface area contributed by atoms with Gasteiger partial charge in [0, 0.05) is 19.3 Å². The monoisotopic (exact) mass is 319 g/mol. The maximum atomic E-state index is 5.90. The van der Waals surface area contributed by atoms with Gasteiger partial charge < -0.3 is 9.64 Å². The van der Waals surface area contributed by atoms with Crippen molar-refractivity contribution in [3.63, 3.8) is 0 Å². The van der Waals surface area contributed by atoms with Gasteiger partial charge in [-0.05, 0) is 29.8 Å². The van der Waals surface area contributed by atoms with Crippen molar-refractivity contribution in [2.45, 2.75) is 25.6 Å². The van der Waals surface area contributed by atoms with E-state index in [4.69, 9.17) is 16.3 Å². The molecule has 4 nitrogen and oxygen atoms in total. The Balaban J connectivity index is 2.24. The van der Waals surface area contributed by atoms with Crippen molar-refractivity contribution < 1.29 is 4.74 Å². The van der Waals surface area contributed by atoms with E-state index in [1.807, 2.05) is 0 Å². The lowest BCUT2D eigenvalue weighted by molar-refractivity contribution is -0.0736. The van der Waals surface area contributed by atoms with Gasteiger partial charge in [0.25, 0.3) is 0 Å². The van der Waals surface area contributed by atoms with Crippen molar-refractivity contribution in [1.82, 2.24) is 9.97 Å². The average Bonchev–Trinajstić information content (AvgIpc) is 2.27. The summed E-state index contributed by atoms with van der Waals surface area (Å²) in [5.41, 5.74) is -0.220. The van der Waals surface area contributed by atoms with E-state index in [0.717, 1.165) is 23.4 Å². The van der Waals surface area contributed by atoms with E-state index in [1.165, 1.54) is 0 Å². The second kappa shape index (κ2) is 5.08. The number of alkyl halides is 1. The predicted octanol–water partition coefficient (Wildman–Crippen LogP) is 2.46. The molecule has 0 saturated carbocycles. The molecule has 1 atom stereocenters. The van der Waals surface area contributed by atoms with Crippen molar-refractivity contribution in [3.05, 3.63) is 17.0 Å². The minimum atomic E-state index is -0.220. The Morgan fingerprint density at radius 3 is 3.06 bits per heavy atom. The fourth-order valence-corrected chi connectivity index (χ4v) is 2.71. The van der Waals surface area contributed by atoms with Crippen LogP contribution in [0.4, 0.5) is 5.82 Å². The molecule has 0 N–H and O–H groups in total. The van der Waals surface area contributed by atoms with Crippen molar-refractivity contribution in [3.8, 4) is 0 Å². The first-order valence-corrected chi connectivity index (χ1v) is 6.79. The van der Waals surface area contributed by atoms with Crippen molar-refractivity contribution in [1.29, 1.82) is 0 Å². The van der Waals surface area contributed by atoms with Crippen LogP contribution in [0.1, 0.15) is 13.8 Å². The molecule has 2 rings (SSSR count). The van der Waals surface area contributed by atoms with Gasteiger partial charge in [-0.3, -0.25) is 0 Å². The molecule has 6 heteroatoms. The second-order valence-electron chi connectivity index (χ2n) is 4.73. The van der Waals surface area contributed by atoms with Crippen LogP contribution < -0.4 is 4.90 Å². The SMILES string of the molecule is CC1(C)CN(c2ncncc2Br)CC(CCl)O1. The van der Waals surface area contributed by atoms with Gasteiger partial charge in [0.1, 0.15) is 12.1 Å². The van der Waals surface area contributed by atoms with Gasteiger partial charge in [-0.2, -0.15) is 0 Å². The summed E-state index contributed by atoms with van der Waals surface area (Å²) >= 11 is 9.37. The first kappa shape index (κ1) is 13.1. The van der Waals surface area contributed by atoms with Gasteiger partial charge in [0.15, 0.2) is 0 Å². The van der Waals surface area contributed by atoms with Crippen LogP contribution in [0.15, 0.2) is 17.0 Å². The molecule has 0 aromatic carbocycles. The van der Waals surface area contributed by atoms with E-state index in [0.29, 0.717) is 5.88 Å². The van der Waals surface area contributed by atoms with Crippen molar-refractivity contribution >= 4 is 33.3 Å². The maximum absolute atomic E-state index is 5.90. The third-order valence-electron chi connectivity index (χ3n) is 2.60. The van der Waals surface area contributed by atoms with Crippen LogP contribution in [0.2, 0.25) is 0 Å². The van der Waals surface area contributed by atoms with Crippen LogP contribution in [0.25, 0.3) is 0 Å². The fourth-order valence-electron chi connectivity index (χ4n) is 2.08. The molecule has 0 spiro atoms. The number of anilines is 1. The van der Waals surface area contributed by atoms with Crippen LogP contribution in [0, 0.1) is 0 Å². The van der Waals surface area contributed by atoms with E-state index >= 15 is 0 Å². The zero-order chi connectivity index (χ0) is 12.5. The van der Waals surface area contributed by atoms with E-state index in [1.54, 1.807) is 12.5 Å². The molecule has 1 saturated heterocycles. The molecule has 1 aliphatic heterocycles. The molecule has 94 valence electrons. The summed E-state index contributed by atoms with van der Waals surface area (Å²) < 4.78 is 6.78. The number of halogens is 2. The third kappa shape index (κ3) is 3.09. The Morgan fingerprint density at radius 1 is 1.65 bits per heavy atom. The topological polar surface area (TPSA) is 38.2 Å². The second-order valence-corrected chi connectivity index (χ2v) is 5.89. The molecule has 1 fully saturated rings. The van der Waals surface area contributed by atoms with E-state index in [9.17, 15) is 0 Å². The van der Waals surface area contributed by atoms with Gasteiger partial charge in [-0.1, -0.05) is 0 Å². The standard InChI is InChI=1S/C11H15BrClN3O/c1-11(2)6-16(5-8(3-13)17-11)10-9(12)4-14-7-15-10/h4,7-8H,3,5-6H2,1-2H3. The summed E-state index contributed by atoms with van der Waals surface area (Å²) in [5.74, 6) is 1.38. The summed E-state index contributed by atoms with van der Waals surface area (Å²) in [7, 11) is 0. The Hall–Kier alpha value is -0.390. The van der Waals surface area contributed by atoms with E-state index in [-0.39, 0.29) is 11.7 Å². The highest BCUT2D eigenvalue weighted by Crippen LogP contribution is 2.29. The summed E-state index contributed by atoms with van der Waals surface area (Å²) in [6.45, 7) is 5.67. The molecule has 1 aromatic rings. The van der Waals surface area contributed by atoms with Crippen LogP contribution >= 0.6 is 27.5 Å². The van der Waals surface area contributed by atoms with Gasteiger partial charge in [0.2, 0.25) is 0 Å². The number of morpholine rings is 1. The Morgan fingerprint density at radius 2 is 2.41 bits per heavy atom. The maximum Gasteiger partial charge on any atom is 0.146 e. The molecule has 1 aliphatic rings. The summed E-state index contributed by atoms with van der Waals surface area (Å²) in [4.78, 5) is 10.5. The van der Waals surface area contributed by atoms with Crippen molar-refractivity contribution in [2.24, 2.45) is 0 Å². The number of hydrogen-bond acceptors (Lipinski definition) is 4. The minimum absolute atomic E-state index is 0.0299. The summed E-state index contributed by atoms with van der Waals surface area (Å²) in [5, 5.41) is 0. The van der Waals surface area contributed by atoms with Gasteiger partial charge in [-0.25, -0.2) is 9.97 Å². The smallest absolute Gasteiger partial charge is 0.146 e.